The van der Waals surface area contributed by atoms with Crippen LogP contribution in [0.2, 0.25) is 0 Å². The number of methoxy groups -OCH3 is 1. The summed E-state index contributed by atoms with van der Waals surface area (Å²) in [6.45, 7) is 3.40. The molecule has 0 saturated carbocycles. The van der Waals surface area contributed by atoms with Crippen LogP contribution in [0.4, 0.5) is 0 Å². The van der Waals surface area contributed by atoms with Crippen molar-refractivity contribution in [3.63, 3.8) is 0 Å². The molecule has 8 nitrogen and oxygen atoms in total. The molecule has 0 saturated heterocycles. The number of thiazole rings is 1. The highest BCUT2D eigenvalue weighted by Gasteiger charge is 2.17. The van der Waals surface area contributed by atoms with Crippen LogP contribution < -0.4 is 23.5 Å². The van der Waals surface area contributed by atoms with E-state index >= 15 is 0 Å². The lowest BCUT2D eigenvalue weighted by atomic mass is 10.1. The molecular formula is C32H46NO7PS. The molecule has 3 aromatic rings. The third-order valence-electron chi connectivity index (χ3n) is 6.77. The molecule has 2 atom stereocenters. The van der Waals surface area contributed by atoms with Crippen molar-refractivity contribution in [3.05, 3.63) is 71.2 Å². The van der Waals surface area contributed by atoms with Gasteiger partial charge in [0.05, 0.1) is 18.6 Å². The Labute approximate surface area is 255 Å². The van der Waals surface area contributed by atoms with Gasteiger partial charge in [0, 0.05) is 18.7 Å². The molecule has 232 valence electrons. The van der Waals surface area contributed by atoms with Gasteiger partial charge in [-0.25, -0.2) is 0 Å². The lowest BCUT2D eigenvalue weighted by Gasteiger charge is -2.25. The zero-order valence-electron chi connectivity index (χ0n) is 25.0. The van der Waals surface area contributed by atoms with Crippen LogP contribution in [-0.2, 0) is 20.4 Å². The van der Waals surface area contributed by atoms with E-state index in [4.69, 9.17) is 23.3 Å². The van der Waals surface area contributed by atoms with Gasteiger partial charge in [-0.1, -0.05) is 94.2 Å². The molecule has 0 radical (unpaired) electrons. The van der Waals surface area contributed by atoms with Crippen molar-refractivity contribution < 1.29 is 37.3 Å². The summed E-state index contributed by atoms with van der Waals surface area (Å²) in [5, 5.41) is 1.97. The maximum atomic E-state index is 12.5. The van der Waals surface area contributed by atoms with E-state index in [1.165, 1.54) is 64.9 Å². The second-order valence-electron chi connectivity index (χ2n) is 10.4. The van der Waals surface area contributed by atoms with E-state index in [1.54, 1.807) is 29.5 Å². The van der Waals surface area contributed by atoms with Gasteiger partial charge >= 0.3 is 7.82 Å². The Bertz CT molecular complexity index is 1180. The van der Waals surface area contributed by atoms with Gasteiger partial charge in [-0.05, 0) is 30.7 Å². The molecule has 0 aliphatic rings. The van der Waals surface area contributed by atoms with Gasteiger partial charge in [0.15, 0.2) is 12.7 Å². The first-order valence-corrected chi connectivity index (χ1v) is 17.4. The fourth-order valence-corrected chi connectivity index (χ4v) is 5.77. The smallest absolute Gasteiger partial charge is 0.319 e. The number of unbranched alkanes of at least 4 members (excludes halogenated alkanes) is 9. The van der Waals surface area contributed by atoms with Crippen LogP contribution in [0.5, 0.6) is 17.2 Å². The van der Waals surface area contributed by atoms with Crippen LogP contribution >= 0.6 is 19.2 Å². The summed E-state index contributed by atoms with van der Waals surface area (Å²) >= 11 is 1.58. The van der Waals surface area contributed by atoms with Crippen LogP contribution in [0, 0.1) is 0 Å². The Balaban J connectivity index is 1.33. The highest BCUT2D eigenvalue weighted by atomic mass is 32.1. The summed E-state index contributed by atoms with van der Waals surface area (Å²) < 4.78 is 41.9. The summed E-state index contributed by atoms with van der Waals surface area (Å²) in [6.07, 6.45) is 14.2. The topological polar surface area (TPSA) is 90.2 Å². The van der Waals surface area contributed by atoms with E-state index in [2.05, 4.69) is 6.92 Å². The van der Waals surface area contributed by atoms with Crippen LogP contribution in [-0.4, -0.2) is 33.0 Å². The van der Waals surface area contributed by atoms with E-state index in [1.807, 2.05) is 52.0 Å². The monoisotopic (exact) mass is 619 g/mol. The molecule has 0 aliphatic heterocycles. The maximum absolute atomic E-state index is 12.5. The van der Waals surface area contributed by atoms with Gasteiger partial charge in [0.25, 0.3) is 0 Å². The van der Waals surface area contributed by atoms with Gasteiger partial charge in [-0.3, -0.25) is 4.57 Å². The minimum absolute atomic E-state index is 0.103. The van der Waals surface area contributed by atoms with Gasteiger partial charge in [0.2, 0.25) is 5.51 Å². The third kappa shape index (κ3) is 14.2. The standard InChI is InChI=1S/C32H46NO7PS/c1-3-4-5-6-7-8-9-10-11-12-20-37-29-16-14-17-30(23-29)38-25-32(36-2)26-39-41(34,35)40-31-18-13-15-28(22-31)24-33-19-21-42-27-33/h13-19,21-23,27,32H,3-12,20,24-26H2,1-2H3. The second kappa shape index (κ2) is 19.7. The molecular weight excluding hydrogens is 573 g/mol. The average Bonchev–Trinajstić information content (AvgIpc) is 3.49. The number of hydrogen-bond acceptors (Lipinski definition) is 8. The minimum Gasteiger partial charge on any atom is -0.746 e. The molecule has 0 fully saturated rings. The van der Waals surface area contributed by atoms with Crippen molar-refractivity contribution in [2.45, 2.75) is 83.8 Å². The number of aromatic nitrogens is 1. The summed E-state index contributed by atoms with van der Waals surface area (Å²) in [4.78, 5) is 12.5. The lowest BCUT2D eigenvalue weighted by Crippen LogP contribution is -2.30. The minimum atomic E-state index is -4.62. The fraction of sp³-hybridized carbons (Fsp3) is 0.531. The molecule has 1 aromatic heterocycles. The molecule has 0 amide bonds. The number of nitrogens with zero attached hydrogens (tertiary/aromatic N) is 1. The van der Waals surface area contributed by atoms with E-state index < -0.39 is 13.9 Å². The fourth-order valence-electron chi connectivity index (χ4n) is 4.40. The van der Waals surface area contributed by atoms with Gasteiger partial charge < -0.3 is 28.2 Å². The first-order valence-electron chi connectivity index (χ1n) is 15.0. The molecule has 2 unspecified atom stereocenters. The van der Waals surface area contributed by atoms with Crippen molar-refractivity contribution >= 4 is 19.2 Å². The van der Waals surface area contributed by atoms with Crippen LogP contribution in [0.15, 0.2) is 65.6 Å². The Hall–Kier alpha value is -2.42. The Morgan fingerprint density at radius 1 is 0.857 bits per heavy atom. The van der Waals surface area contributed by atoms with Crippen molar-refractivity contribution in [2.24, 2.45) is 0 Å². The SMILES string of the molecule is CCCCCCCCCCCCOc1cccc(OCC(COP(=O)([O-])Oc2cccc(C[n+]3ccsc3)c2)OC)c1. The molecule has 3 rings (SSSR count). The predicted octanol–water partition coefficient (Wildman–Crippen LogP) is 7.34. The number of hydrogen-bond donors (Lipinski definition) is 0. The highest BCUT2D eigenvalue weighted by Crippen LogP contribution is 2.40. The van der Waals surface area contributed by atoms with Crippen molar-refractivity contribution in [1.82, 2.24) is 0 Å². The van der Waals surface area contributed by atoms with E-state index in [9.17, 15) is 9.46 Å². The first-order chi connectivity index (χ1) is 20.5. The number of benzene rings is 2. The normalized spacial score (nSPS) is 13.4. The molecule has 0 aliphatic carbocycles. The molecule has 0 spiro atoms. The van der Waals surface area contributed by atoms with Crippen LogP contribution in [0.25, 0.3) is 0 Å². The molecule has 1 heterocycles. The van der Waals surface area contributed by atoms with Gasteiger partial charge in [0.1, 0.15) is 30.0 Å². The van der Waals surface area contributed by atoms with Gasteiger partial charge in [-0.15, -0.1) is 0 Å². The average molecular weight is 620 g/mol. The summed E-state index contributed by atoms with van der Waals surface area (Å²) in [5.41, 5.74) is 2.89. The van der Waals surface area contributed by atoms with Crippen LogP contribution in [0.1, 0.15) is 76.7 Å². The summed E-state index contributed by atoms with van der Waals surface area (Å²) in [7, 11) is -3.14. The maximum Gasteiger partial charge on any atom is 0.319 e. The summed E-state index contributed by atoms with van der Waals surface area (Å²) in [5.74, 6) is 1.55. The van der Waals surface area contributed by atoms with Crippen LogP contribution in [0.3, 0.4) is 0 Å². The first kappa shape index (κ1) is 34.1. The number of phosphoric ester groups is 1. The van der Waals surface area contributed by atoms with E-state index in [-0.39, 0.29) is 19.0 Å². The zero-order valence-corrected chi connectivity index (χ0v) is 26.7. The van der Waals surface area contributed by atoms with Crippen molar-refractivity contribution in [2.75, 3.05) is 26.9 Å². The summed E-state index contributed by atoms with van der Waals surface area (Å²) in [6, 6.07) is 14.3. The second-order valence-corrected chi connectivity index (χ2v) is 12.4. The molecule has 0 N–H and O–H groups in total. The Kier molecular flexibility index (Phi) is 16.0. The zero-order chi connectivity index (χ0) is 29.9. The quantitative estimate of drug-likeness (QED) is 0.0623. The van der Waals surface area contributed by atoms with Crippen molar-refractivity contribution in [1.29, 1.82) is 0 Å². The predicted molar refractivity (Wildman–Crippen MR) is 164 cm³/mol. The number of phosphoric acid groups is 1. The molecule has 42 heavy (non-hydrogen) atoms. The number of ether oxygens (including phenoxy) is 3. The molecule has 10 heteroatoms. The largest absolute Gasteiger partial charge is 0.746 e. The highest BCUT2D eigenvalue weighted by molar-refractivity contribution is 7.46. The molecule has 2 aromatic carbocycles. The van der Waals surface area contributed by atoms with Gasteiger partial charge in [-0.2, -0.15) is 4.57 Å². The Morgan fingerprint density at radius 3 is 2.21 bits per heavy atom. The van der Waals surface area contributed by atoms with Crippen molar-refractivity contribution in [3.8, 4) is 17.2 Å². The third-order valence-corrected chi connectivity index (χ3v) is 8.34. The van der Waals surface area contributed by atoms with E-state index in [0.29, 0.717) is 18.9 Å². The number of rotatable bonds is 23. The lowest BCUT2D eigenvalue weighted by molar-refractivity contribution is -0.683. The Morgan fingerprint density at radius 2 is 1.52 bits per heavy atom. The molecule has 0 bridgehead atoms. The van der Waals surface area contributed by atoms with E-state index in [0.717, 1.165) is 17.7 Å².